The third kappa shape index (κ3) is 4.45. The van der Waals surface area contributed by atoms with Gasteiger partial charge in [-0.3, -0.25) is 0 Å². The second kappa shape index (κ2) is 8.53. The molecule has 0 nitrogen and oxygen atoms in total. The van der Waals surface area contributed by atoms with Crippen LogP contribution in [0.25, 0.3) is 16.7 Å². The summed E-state index contributed by atoms with van der Waals surface area (Å²) in [5.41, 5.74) is 6.60. The first-order valence-corrected chi connectivity index (χ1v) is 8.73. The van der Waals surface area contributed by atoms with Gasteiger partial charge in [-0.1, -0.05) is 87.5 Å². The molecular formula is C23H28. The Bertz CT molecular complexity index is 671. The zero-order chi connectivity index (χ0) is 16.7. The van der Waals surface area contributed by atoms with Crippen LogP contribution < -0.4 is 0 Å². The van der Waals surface area contributed by atoms with E-state index in [9.17, 15) is 0 Å². The Balaban J connectivity index is 2.31. The second-order valence-corrected chi connectivity index (χ2v) is 6.08. The Labute approximate surface area is 141 Å². The molecule has 0 aliphatic heterocycles. The van der Waals surface area contributed by atoms with Crippen LogP contribution in [-0.2, 0) is 0 Å². The van der Waals surface area contributed by atoms with E-state index in [-0.39, 0.29) is 0 Å². The highest BCUT2D eigenvalue weighted by atomic mass is 14.1. The molecule has 0 aliphatic rings. The molecule has 0 N–H and O–H groups in total. The number of allylic oxidation sites excluding steroid dienone is 4. The molecule has 23 heavy (non-hydrogen) atoms. The van der Waals surface area contributed by atoms with Gasteiger partial charge in [-0.25, -0.2) is 0 Å². The first-order valence-electron chi connectivity index (χ1n) is 8.73. The lowest BCUT2D eigenvalue weighted by atomic mass is 9.94. The van der Waals surface area contributed by atoms with Gasteiger partial charge in [0.15, 0.2) is 0 Å². The molecule has 0 aliphatic carbocycles. The number of benzene rings is 2. The molecule has 1 unspecified atom stereocenters. The summed E-state index contributed by atoms with van der Waals surface area (Å²) in [7, 11) is 0. The lowest BCUT2D eigenvalue weighted by Gasteiger charge is -2.11. The van der Waals surface area contributed by atoms with Crippen molar-refractivity contribution in [3.05, 3.63) is 77.9 Å². The number of hydrogen-bond donors (Lipinski definition) is 0. The summed E-state index contributed by atoms with van der Waals surface area (Å²) in [4.78, 5) is 0. The van der Waals surface area contributed by atoms with Gasteiger partial charge in [0.05, 0.1) is 0 Å². The van der Waals surface area contributed by atoms with Gasteiger partial charge < -0.3 is 0 Å². The molecule has 2 rings (SSSR count). The van der Waals surface area contributed by atoms with Crippen molar-refractivity contribution in [3.63, 3.8) is 0 Å². The summed E-state index contributed by atoms with van der Waals surface area (Å²) < 4.78 is 0. The summed E-state index contributed by atoms with van der Waals surface area (Å²) in [6.07, 6.45) is 8.79. The van der Waals surface area contributed by atoms with Crippen LogP contribution in [0.1, 0.15) is 57.6 Å². The van der Waals surface area contributed by atoms with Crippen LogP contribution in [-0.4, -0.2) is 0 Å². The summed E-state index contributed by atoms with van der Waals surface area (Å²) in [5.74, 6) is 0.614. The minimum absolute atomic E-state index is 0.614. The topological polar surface area (TPSA) is 0 Å². The summed E-state index contributed by atoms with van der Waals surface area (Å²) in [6.45, 7) is 8.78. The predicted molar refractivity (Wildman–Crippen MR) is 104 cm³/mol. The largest absolute Gasteiger partial charge is 0.0871 e. The van der Waals surface area contributed by atoms with E-state index >= 15 is 0 Å². The van der Waals surface area contributed by atoms with Gasteiger partial charge in [0, 0.05) is 0 Å². The van der Waals surface area contributed by atoms with E-state index in [0.29, 0.717) is 5.92 Å². The van der Waals surface area contributed by atoms with Crippen molar-refractivity contribution in [2.24, 2.45) is 0 Å². The lowest BCUT2D eigenvalue weighted by molar-refractivity contribution is 0.734. The molecule has 0 saturated carbocycles. The standard InChI is InChI=1S/C23H28/c1-5-9-19(10-6-2)20-13-15-21(16-14-20)23-12-8-11-22(17-23)18(4)7-3/h5,8-18H,6-7H2,1-4H3/b9-5-,19-10+. The van der Waals surface area contributed by atoms with Crippen LogP contribution in [0.2, 0.25) is 0 Å². The minimum Gasteiger partial charge on any atom is -0.0871 e. The van der Waals surface area contributed by atoms with Crippen molar-refractivity contribution in [3.8, 4) is 11.1 Å². The summed E-state index contributed by atoms with van der Waals surface area (Å²) in [6, 6.07) is 17.9. The van der Waals surface area contributed by atoms with Crippen molar-refractivity contribution in [2.45, 2.75) is 46.5 Å². The highest BCUT2D eigenvalue weighted by molar-refractivity contribution is 5.76. The molecule has 0 fully saturated rings. The fourth-order valence-corrected chi connectivity index (χ4v) is 2.80. The smallest absolute Gasteiger partial charge is 0.0181 e. The van der Waals surface area contributed by atoms with E-state index in [4.69, 9.17) is 0 Å². The molecule has 0 radical (unpaired) electrons. The van der Waals surface area contributed by atoms with Crippen LogP contribution >= 0.6 is 0 Å². The van der Waals surface area contributed by atoms with Crippen molar-refractivity contribution >= 4 is 5.57 Å². The number of rotatable bonds is 6. The highest BCUT2D eigenvalue weighted by Gasteiger charge is 2.05. The Morgan fingerprint density at radius 3 is 2.35 bits per heavy atom. The molecule has 1 atom stereocenters. The second-order valence-electron chi connectivity index (χ2n) is 6.08. The normalized spacial score (nSPS) is 13.5. The summed E-state index contributed by atoms with van der Waals surface area (Å²) >= 11 is 0. The van der Waals surface area contributed by atoms with Crippen molar-refractivity contribution in [1.29, 1.82) is 0 Å². The third-order valence-electron chi connectivity index (χ3n) is 4.39. The lowest BCUT2D eigenvalue weighted by Crippen LogP contribution is -1.91. The molecule has 0 saturated heterocycles. The van der Waals surface area contributed by atoms with Crippen molar-refractivity contribution in [2.75, 3.05) is 0 Å². The Morgan fingerprint density at radius 2 is 1.74 bits per heavy atom. The fourth-order valence-electron chi connectivity index (χ4n) is 2.80. The molecule has 2 aromatic carbocycles. The van der Waals surface area contributed by atoms with E-state index in [1.807, 2.05) is 0 Å². The van der Waals surface area contributed by atoms with E-state index in [2.05, 4.69) is 94.5 Å². The molecule has 0 heterocycles. The molecular weight excluding hydrogens is 276 g/mol. The van der Waals surface area contributed by atoms with E-state index in [1.54, 1.807) is 0 Å². The van der Waals surface area contributed by atoms with Gasteiger partial charge in [0.1, 0.15) is 0 Å². The van der Waals surface area contributed by atoms with E-state index < -0.39 is 0 Å². The quantitative estimate of drug-likeness (QED) is 0.493. The van der Waals surface area contributed by atoms with Crippen LogP contribution in [0, 0.1) is 0 Å². The van der Waals surface area contributed by atoms with Gasteiger partial charge in [-0.05, 0) is 53.5 Å². The van der Waals surface area contributed by atoms with Gasteiger partial charge in [-0.15, -0.1) is 0 Å². The van der Waals surface area contributed by atoms with Crippen LogP contribution in [0.5, 0.6) is 0 Å². The van der Waals surface area contributed by atoms with Gasteiger partial charge in [0.25, 0.3) is 0 Å². The maximum absolute atomic E-state index is 2.33. The summed E-state index contributed by atoms with van der Waals surface area (Å²) in [5, 5.41) is 0. The molecule has 0 amide bonds. The van der Waals surface area contributed by atoms with Gasteiger partial charge >= 0.3 is 0 Å². The Hall–Kier alpha value is -2.08. The first kappa shape index (κ1) is 17.3. The van der Waals surface area contributed by atoms with E-state index in [0.717, 1.165) is 6.42 Å². The maximum Gasteiger partial charge on any atom is -0.0181 e. The molecule has 2 aromatic rings. The zero-order valence-electron chi connectivity index (χ0n) is 14.8. The Kier molecular flexibility index (Phi) is 6.40. The van der Waals surface area contributed by atoms with Crippen LogP contribution in [0.4, 0.5) is 0 Å². The molecule has 0 bridgehead atoms. The predicted octanol–water partition coefficient (Wildman–Crippen LogP) is 7.24. The highest BCUT2D eigenvalue weighted by Crippen LogP contribution is 2.27. The monoisotopic (exact) mass is 304 g/mol. The SMILES string of the molecule is C/C=C\C(=C/CC)c1ccc(-c2cccc(C(C)CC)c2)cc1. The molecule has 120 valence electrons. The molecule has 0 spiro atoms. The maximum atomic E-state index is 2.33. The van der Waals surface area contributed by atoms with Crippen LogP contribution in [0.3, 0.4) is 0 Å². The minimum atomic E-state index is 0.614. The van der Waals surface area contributed by atoms with E-state index in [1.165, 1.54) is 34.2 Å². The number of hydrogen-bond acceptors (Lipinski definition) is 0. The molecule has 0 heteroatoms. The molecule has 0 aromatic heterocycles. The van der Waals surface area contributed by atoms with Gasteiger partial charge in [0.2, 0.25) is 0 Å². The average Bonchev–Trinajstić information content (AvgIpc) is 2.61. The van der Waals surface area contributed by atoms with Crippen molar-refractivity contribution < 1.29 is 0 Å². The fraction of sp³-hybridized carbons (Fsp3) is 0.304. The third-order valence-corrected chi connectivity index (χ3v) is 4.39. The zero-order valence-corrected chi connectivity index (χ0v) is 14.8. The Morgan fingerprint density at radius 1 is 1.00 bits per heavy atom. The van der Waals surface area contributed by atoms with Crippen molar-refractivity contribution in [1.82, 2.24) is 0 Å². The van der Waals surface area contributed by atoms with Gasteiger partial charge in [-0.2, -0.15) is 0 Å². The van der Waals surface area contributed by atoms with Crippen LogP contribution in [0.15, 0.2) is 66.8 Å². The first-order chi connectivity index (χ1) is 11.2. The average molecular weight is 304 g/mol.